The van der Waals surface area contributed by atoms with Crippen molar-refractivity contribution >= 4 is 17.2 Å². The second-order valence-corrected chi connectivity index (χ2v) is 8.32. The van der Waals surface area contributed by atoms with Gasteiger partial charge in [-0.2, -0.15) is 0 Å². The fraction of sp³-hybridized carbons (Fsp3) is 0.706. The predicted octanol–water partition coefficient (Wildman–Crippen LogP) is 2.49. The van der Waals surface area contributed by atoms with E-state index in [1.54, 1.807) is 11.3 Å². The van der Waals surface area contributed by atoms with Crippen LogP contribution in [0.2, 0.25) is 0 Å². The molecule has 2 aliphatic heterocycles. The molecule has 22 heavy (non-hydrogen) atoms. The molecule has 2 fully saturated rings. The number of rotatable bonds is 3. The number of amides is 1. The van der Waals surface area contributed by atoms with Crippen molar-refractivity contribution in [1.29, 1.82) is 0 Å². The summed E-state index contributed by atoms with van der Waals surface area (Å²) in [5.41, 5.74) is 0.254. The molecule has 0 saturated carbocycles. The number of ether oxygens (including phenoxy) is 1. The van der Waals surface area contributed by atoms with Crippen LogP contribution in [0.3, 0.4) is 0 Å². The molecule has 2 aliphatic rings. The number of nitrogens with zero attached hydrogens (tertiary/aromatic N) is 2. The predicted molar refractivity (Wildman–Crippen MR) is 89.5 cm³/mol. The number of likely N-dealkylation sites (tertiary alicyclic amines) is 1. The van der Waals surface area contributed by atoms with Gasteiger partial charge in [-0.05, 0) is 57.3 Å². The first kappa shape index (κ1) is 16.0. The Morgan fingerprint density at radius 1 is 1.41 bits per heavy atom. The van der Waals surface area contributed by atoms with Crippen molar-refractivity contribution in [1.82, 2.24) is 9.80 Å². The third-order valence-electron chi connectivity index (χ3n) is 5.13. The molecule has 1 atom stereocenters. The summed E-state index contributed by atoms with van der Waals surface area (Å²) in [5.74, 6) is 0.765. The lowest BCUT2D eigenvalue weighted by atomic mass is 9.72. The maximum Gasteiger partial charge on any atom is 0.263 e. The summed E-state index contributed by atoms with van der Waals surface area (Å²) < 4.78 is 5.58. The number of carbonyl (C=O) groups is 1. The molecule has 1 aromatic heterocycles. The van der Waals surface area contributed by atoms with Gasteiger partial charge in [0.25, 0.3) is 5.91 Å². The molecule has 3 heterocycles. The average Bonchev–Trinajstić information content (AvgIpc) is 3.04. The lowest BCUT2D eigenvalue weighted by Gasteiger charge is -2.38. The zero-order chi connectivity index (χ0) is 15.7. The van der Waals surface area contributed by atoms with Crippen molar-refractivity contribution in [3.05, 3.63) is 21.9 Å². The van der Waals surface area contributed by atoms with Gasteiger partial charge in [0, 0.05) is 37.7 Å². The van der Waals surface area contributed by atoms with Gasteiger partial charge < -0.3 is 14.5 Å². The highest BCUT2D eigenvalue weighted by atomic mass is 32.1. The van der Waals surface area contributed by atoms with E-state index in [1.165, 1.54) is 4.88 Å². The van der Waals surface area contributed by atoms with E-state index in [0.29, 0.717) is 5.92 Å². The van der Waals surface area contributed by atoms with Gasteiger partial charge in [0.15, 0.2) is 0 Å². The Morgan fingerprint density at radius 3 is 2.73 bits per heavy atom. The molecule has 5 heteroatoms. The second-order valence-electron chi connectivity index (χ2n) is 7.03. The third kappa shape index (κ3) is 3.07. The molecule has 0 aliphatic carbocycles. The first-order valence-electron chi connectivity index (χ1n) is 8.08. The van der Waals surface area contributed by atoms with E-state index >= 15 is 0 Å². The summed E-state index contributed by atoms with van der Waals surface area (Å²) in [4.78, 5) is 19.2. The summed E-state index contributed by atoms with van der Waals surface area (Å²) in [6.07, 6.45) is 2.16. The van der Waals surface area contributed by atoms with Crippen molar-refractivity contribution < 1.29 is 9.53 Å². The standard InChI is InChI=1S/C17H26N2O2S/c1-13-4-5-15(22-13)16(20)19-11-14(10-18(2)3)17(12-19)6-8-21-9-7-17/h4-5,14H,6-12H2,1-3H3. The first-order valence-corrected chi connectivity index (χ1v) is 8.90. The topological polar surface area (TPSA) is 32.8 Å². The average molecular weight is 322 g/mol. The van der Waals surface area contributed by atoms with E-state index in [2.05, 4.69) is 30.8 Å². The minimum Gasteiger partial charge on any atom is -0.381 e. The largest absolute Gasteiger partial charge is 0.381 e. The molecular weight excluding hydrogens is 296 g/mol. The van der Waals surface area contributed by atoms with Gasteiger partial charge in [-0.15, -0.1) is 11.3 Å². The van der Waals surface area contributed by atoms with E-state index < -0.39 is 0 Å². The van der Waals surface area contributed by atoms with Crippen molar-refractivity contribution in [2.75, 3.05) is 46.9 Å². The molecule has 0 bridgehead atoms. The van der Waals surface area contributed by atoms with Crippen molar-refractivity contribution in [2.45, 2.75) is 19.8 Å². The van der Waals surface area contributed by atoms with Crippen LogP contribution in [0.25, 0.3) is 0 Å². The zero-order valence-corrected chi connectivity index (χ0v) is 14.6. The second kappa shape index (κ2) is 6.30. The van der Waals surface area contributed by atoms with Crippen LogP contribution in [0.4, 0.5) is 0 Å². The van der Waals surface area contributed by atoms with E-state index in [0.717, 1.165) is 50.6 Å². The lowest BCUT2D eigenvalue weighted by molar-refractivity contribution is -0.00450. The van der Waals surface area contributed by atoms with E-state index in [-0.39, 0.29) is 11.3 Å². The van der Waals surface area contributed by atoms with Crippen LogP contribution in [-0.4, -0.2) is 62.7 Å². The summed E-state index contributed by atoms with van der Waals surface area (Å²) in [7, 11) is 4.25. The highest BCUT2D eigenvalue weighted by Gasteiger charge is 2.48. The molecule has 1 amide bonds. The van der Waals surface area contributed by atoms with Crippen LogP contribution in [0.15, 0.2) is 12.1 Å². The highest BCUT2D eigenvalue weighted by Crippen LogP contribution is 2.45. The summed E-state index contributed by atoms with van der Waals surface area (Å²) in [5, 5.41) is 0. The Bertz CT molecular complexity index is 535. The quantitative estimate of drug-likeness (QED) is 0.857. The SMILES string of the molecule is Cc1ccc(C(=O)N2CC(CN(C)C)C3(CCOCC3)C2)s1. The lowest BCUT2D eigenvalue weighted by Crippen LogP contribution is -2.40. The van der Waals surface area contributed by atoms with Gasteiger partial charge in [-0.25, -0.2) is 0 Å². The third-order valence-corrected chi connectivity index (χ3v) is 6.11. The Morgan fingerprint density at radius 2 is 2.14 bits per heavy atom. The molecule has 1 spiro atoms. The van der Waals surface area contributed by atoms with Gasteiger partial charge in [0.1, 0.15) is 0 Å². The summed E-state index contributed by atoms with van der Waals surface area (Å²) in [6.45, 7) is 6.56. The molecule has 4 nitrogen and oxygen atoms in total. The van der Waals surface area contributed by atoms with Crippen LogP contribution < -0.4 is 0 Å². The van der Waals surface area contributed by atoms with Crippen molar-refractivity contribution in [3.63, 3.8) is 0 Å². The summed E-state index contributed by atoms with van der Waals surface area (Å²) >= 11 is 1.61. The van der Waals surface area contributed by atoms with Gasteiger partial charge in [0.05, 0.1) is 4.88 Å². The smallest absolute Gasteiger partial charge is 0.263 e. The van der Waals surface area contributed by atoms with Gasteiger partial charge >= 0.3 is 0 Å². The van der Waals surface area contributed by atoms with Crippen LogP contribution in [0, 0.1) is 18.3 Å². The van der Waals surface area contributed by atoms with Gasteiger partial charge in [-0.1, -0.05) is 0 Å². The van der Waals surface area contributed by atoms with Crippen molar-refractivity contribution in [2.24, 2.45) is 11.3 Å². The minimum absolute atomic E-state index is 0.213. The Kier molecular flexibility index (Phi) is 4.57. The number of carbonyl (C=O) groups excluding carboxylic acids is 1. The molecular formula is C17H26N2O2S. The Balaban J connectivity index is 1.78. The fourth-order valence-corrected chi connectivity index (χ4v) is 4.77. The molecule has 0 aromatic carbocycles. The van der Waals surface area contributed by atoms with E-state index in [1.807, 2.05) is 12.1 Å². The normalized spacial score (nSPS) is 24.4. The summed E-state index contributed by atoms with van der Waals surface area (Å²) in [6, 6.07) is 4.01. The Labute approximate surface area is 137 Å². The number of aryl methyl sites for hydroxylation is 1. The highest BCUT2D eigenvalue weighted by molar-refractivity contribution is 7.13. The molecule has 0 radical (unpaired) electrons. The molecule has 122 valence electrons. The van der Waals surface area contributed by atoms with Gasteiger partial charge in [0.2, 0.25) is 0 Å². The van der Waals surface area contributed by atoms with Crippen LogP contribution in [-0.2, 0) is 4.74 Å². The first-order chi connectivity index (χ1) is 10.5. The number of hydrogen-bond acceptors (Lipinski definition) is 4. The Hall–Kier alpha value is -0.910. The van der Waals surface area contributed by atoms with Crippen molar-refractivity contribution in [3.8, 4) is 0 Å². The maximum atomic E-state index is 12.8. The number of thiophene rings is 1. The van der Waals surface area contributed by atoms with Crippen LogP contribution >= 0.6 is 11.3 Å². The molecule has 3 rings (SSSR count). The van der Waals surface area contributed by atoms with E-state index in [4.69, 9.17) is 4.74 Å². The molecule has 1 aromatic rings. The van der Waals surface area contributed by atoms with Gasteiger partial charge in [-0.3, -0.25) is 4.79 Å². The fourth-order valence-electron chi connectivity index (χ4n) is 3.93. The molecule has 2 saturated heterocycles. The molecule has 0 N–H and O–H groups in total. The molecule has 1 unspecified atom stereocenters. The van der Waals surface area contributed by atoms with E-state index in [9.17, 15) is 4.79 Å². The number of hydrogen-bond donors (Lipinski definition) is 0. The van der Waals surface area contributed by atoms with Crippen LogP contribution in [0.5, 0.6) is 0 Å². The monoisotopic (exact) mass is 322 g/mol. The maximum absolute atomic E-state index is 12.8. The minimum atomic E-state index is 0.213. The van der Waals surface area contributed by atoms with Crippen LogP contribution in [0.1, 0.15) is 27.4 Å². The zero-order valence-electron chi connectivity index (χ0n) is 13.8.